The Bertz CT molecular complexity index is 1300. The summed E-state index contributed by atoms with van der Waals surface area (Å²) < 4.78 is 1.58. The maximum atomic E-state index is 13.4. The number of hydrogen-bond acceptors (Lipinski definition) is 7. The van der Waals surface area contributed by atoms with Crippen molar-refractivity contribution in [1.29, 1.82) is 0 Å². The topological polar surface area (TPSA) is 107 Å². The van der Waals surface area contributed by atoms with Crippen LogP contribution in [0.2, 0.25) is 0 Å². The molecule has 2 heterocycles. The fraction of sp³-hybridized carbons (Fsp3) is 0.261. The number of fused-ring (bicyclic) bond motifs is 1. The summed E-state index contributed by atoms with van der Waals surface area (Å²) in [4.78, 5) is 41.8. The van der Waals surface area contributed by atoms with E-state index in [0.29, 0.717) is 22.2 Å². The molecule has 3 aromatic rings. The largest absolute Gasteiger partial charge is 0.325 e. The number of aromatic nitrogens is 2. The number of carbonyl (C=O) groups excluding carboxylic acids is 1. The number of nitro groups is 1. The molecule has 1 amide bonds. The molecule has 170 valence electrons. The molecular formula is C23H22N4O4S2. The highest BCUT2D eigenvalue weighted by atomic mass is 32.2. The number of thioether (sulfide) groups is 2. The van der Waals surface area contributed by atoms with Crippen LogP contribution in [0.1, 0.15) is 23.7 Å². The van der Waals surface area contributed by atoms with Gasteiger partial charge < -0.3 is 5.32 Å². The second-order valence-corrected chi connectivity index (χ2v) is 10.3. The standard InChI is InChI=1S/C23H22N4O4S2/c1-13-7-14(2)9-18(8-13)26-22(29)21-19(10-15(3)33-21)25-23(26)32-12-20(28)24-16-5-4-6-17(11-16)27(30)31/h4-9,11,15H,10,12H2,1-3H3,(H,24,28). The minimum atomic E-state index is -0.513. The lowest BCUT2D eigenvalue weighted by molar-refractivity contribution is -0.384. The van der Waals surface area contributed by atoms with Crippen molar-refractivity contribution in [2.45, 2.75) is 42.5 Å². The highest BCUT2D eigenvalue weighted by Crippen LogP contribution is 2.35. The third kappa shape index (κ3) is 5.12. The first-order chi connectivity index (χ1) is 15.7. The van der Waals surface area contributed by atoms with Gasteiger partial charge in [-0.25, -0.2) is 4.98 Å². The summed E-state index contributed by atoms with van der Waals surface area (Å²) in [5.74, 6) is -0.341. The van der Waals surface area contributed by atoms with Gasteiger partial charge in [-0.2, -0.15) is 0 Å². The molecule has 1 aliphatic heterocycles. The fourth-order valence-electron chi connectivity index (χ4n) is 3.73. The molecule has 1 atom stereocenters. The molecule has 1 aliphatic rings. The van der Waals surface area contributed by atoms with E-state index in [2.05, 4.69) is 12.2 Å². The highest BCUT2D eigenvalue weighted by Gasteiger charge is 2.27. The Morgan fingerprint density at radius 1 is 1.27 bits per heavy atom. The Morgan fingerprint density at radius 3 is 2.70 bits per heavy atom. The van der Waals surface area contributed by atoms with Gasteiger partial charge in [-0.1, -0.05) is 30.8 Å². The minimum Gasteiger partial charge on any atom is -0.325 e. The number of nitro benzene ring substituents is 1. The van der Waals surface area contributed by atoms with Crippen molar-refractivity contribution >= 4 is 40.8 Å². The van der Waals surface area contributed by atoms with Crippen molar-refractivity contribution < 1.29 is 9.72 Å². The Kier molecular flexibility index (Phi) is 6.57. The summed E-state index contributed by atoms with van der Waals surface area (Å²) in [7, 11) is 0. The van der Waals surface area contributed by atoms with Crippen LogP contribution in [0.15, 0.2) is 57.3 Å². The summed E-state index contributed by atoms with van der Waals surface area (Å²) >= 11 is 2.70. The number of anilines is 1. The second-order valence-electron chi connectivity index (χ2n) is 7.93. The van der Waals surface area contributed by atoms with Crippen LogP contribution in [-0.2, 0) is 11.2 Å². The molecule has 8 nitrogen and oxygen atoms in total. The molecule has 0 fully saturated rings. The molecule has 0 radical (unpaired) electrons. The maximum Gasteiger partial charge on any atom is 0.272 e. The van der Waals surface area contributed by atoms with E-state index in [4.69, 9.17) is 4.98 Å². The molecule has 0 spiro atoms. The highest BCUT2D eigenvalue weighted by molar-refractivity contribution is 8.00. The van der Waals surface area contributed by atoms with Gasteiger partial charge in [0, 0.05) is 29.5 Å². The normalized spacial score (nSPS) is 14.7. The van der Waals surface area contributed by atoms with Gasteiger partial charge in [0.05, 0.1) is 27.0 Å². The third-order valence-corrected chi connectivity index (χ3v) is 7.17. The van der Waals surface area contributed by atoms with Gasteiger partial charge in [-0.15, -0.1) is 11.8 Å². The van der Waals surface area contributed by atoms with Gasteiger partial charge in [-0.05, 0) is 43.2 Å². The van der Waals surface area contributed by atoms with Crippen LogP contribution >= 0.6 is 23.5 Å². The molecule has 2 aromatic carbocycles. The number of benzene rings is 2. The van der Waals surface area contributed by atoms with E-state index < -0.39 is 4.92 Å². The summed E-state index contributed by atoms with van der Waals surface area (Å²) in [5.41, 5.74) is 3.65. The lowest BCUT2D eigenvalue weighted by Crippen LogP contribution is -2.25. The van der Waals surface area contributed by atoms with E-state index in [1.807, 2.05) is 32.0 Å². The van der Waals surface area contributed by atoms with Crippen LogP contribution < -0.4 is 10.9 Å². The predicted octanol–water partition coefficient (Wildman–Crippen LogP) is 4.53. The SMILES string of the molecule is Cc1cc(C)cc(-n2c(SCC(=O)Nc3cccc([N+](=O)[O-])c3)nc3c(c2=O)SC(C)C3)c1. The Balaban J connectivity index is 1.63. The lowest BCUT2D eigenvalue weighted by Gasteiger charge is -2.15. The quantitative estimate of drug-likeness (QED) is 0.238. The number of amides is 1. The monoisotopic (exact) mass is 482 g/mol. The average molecular weight is 483 g/mol. The smallest absolute Gasteiger partial charge is 0.272 e. The Labute approximate surface area is 199 Å². The average Bonchev–Trinajstić information content (AvgIpc) is 3.12. The molecule has 33 heavy (non-hydrogen) atoms. The Hall–Kier alpha value is -3.11. The number of non-ortho nitro benzene ring substituents is 1. The molecule has 4 rings (SSSR count). The number of hydrogen-bond donors (Lipinski definition) is 1. The predicted molar refractivity (Wildman–Crippen MR) is 131 cm³/mol. The van der Waals surface area contributed by atoms with Gasteiger partial charge in [0.15, 0.2) is 5.16 Å². The van der Waals surface area contributed by atoms with Crippen molar-refractivity contribution in [3.63, 3.8) is 0 Å². The van der Waals surface area contributed by atoms with Crippen molar-refractivity contribution in [2.24, 2.45) is 0 Å². The number of nitrogens with one attached hydrogen (secondary N) is 1. The number of nitrogens with zero attached hydrogens (tertiary/aromatic N) is 3. The molecule has 10 heteroatoms. The van der Waals surface area contributed by atoms with Crippen LogP contribution in [0.25, 0.3) is 5.69 Å². The summed E-state index contributed by atoms with van der Waals surface area (Å²) in [5, 5.41) is 14.4. The molecule has 0 bridgehead atoms. The summed E-state index contributed by atoms with van der Waals surface area (Å²) in [6.45, 7) is 6.00. The summed E-state index contributed by atoms with van der Waals surface area (Å²) in [6, 6.07) is 11.7. The fourth-order valence-corrected chi connectivity index (χ4v) is 5.65. The van der Waals surface area contributed by atoms with Crippen LogP contribution in [0.3, 0.4) is 0 Å². The van der Waals surface area contributed by atoms with Gasteiger partial charge >= 0.3 is 0 Å². The zero-order valence-electron chi connectivity index (χ0n) is 18.3. The van der Waals surface area contributed by atoms with Crippen LogP contribution in [0, 0.1) is 24.0 Å². The molecule has 0 aliphatic carbocycles. The first-order valence-electron chi connectivity index (χ1n) is 10.3. The number of aryl methyl sites for hydroxylation is 2. The second kappa shape index (κ2) is 9.40. The molecule has 1 unspecified atom stereocenters. The van der Waals surface area contributed by atoms with Crippen molar-refractivity contribution in [3.8, 4) is 5.69 Å². The van der Waals surface area contributed by atoms with E-state index in [0.717, 1.165) is 22.5 Å². The third-order valence-electron chi connectivity index (χ3n) is 5.02. The maximum absolute atomic E-state index is 13.4. The van der Waals surface area contributed by atoms with Gasteiger partial charge in [0.1, 0.15) is 0 Å². The first kappa shape index (κ1) is 23.1. The molecule has 0 saturated heterocycles. The minimum absolute atomic E-state index is 0.00140. The van der Waals surface area contributed by atoms with Crippen LogP contribution in [0.4, 0.5) is 11.4 Å². The van der Waals surface area contributed by atoms with Crippen molar-refractivity contribution in [1.82, 2.24) is 9.55 Å². The molecule has 0 saturated carbocycles. The van der Waals surface area contributed by atoms with Crippen LogP contribution in [0.5, 0.6) is 0 Å². The van der Waals surface area contributed by atoms with E-state index in [-0.39, 0.29) is 28.2 Å². The zero-order valence-corrected chi connectivity index (χ0v) is 20.0. The van der Waals surface area contributed by atoms with E-state index in [9.17, 15) is 19.7 Å². The van der Waals surface area contributed by atoms with E-state index >= 15 is 0 Å². The molecule has 1 aromatic heterocycles. The van der Waals surface area contributed by atoms with Gasteiger partial charge in [0.2, 0.25) is 5.91 Å². The molecule has 1 N–H and O–H groups in total. The van der Waals surface area contributed by atoms with Gasteiger partial charge in [-0.3, -0.25) is 24.3 Å². The van der Waals surface area contributed by atoms with E-state index in [1.165, 1.54) is 41.7 Å². The lowest BCUT2D eigenvalue weighted by atomic mass is 10.1. The summed E-state index contributed by atoms with van der Waals surface area (Å²) in [6.07, 6.45) is 0.705. The van der Waals surface area contributed by atoms with Crippen molar-refractivity contribution in [2.75, 3.05) is 11.1 Å². The number of rotatable bonds is 6. The zero-order chi connectivity index (χ0) is 23.7. The molecular weight excluding hydrogens is 460 g/mol. The van der Waals surface area contributed by atoms with Crippen LogP contribution in [-0.4, -0.2) is 31.4 Å². The van der Waals surface area contributed by atoms with E-state index in [1.54, 1.807) is 10.6 Å². The Morgan fingerprint density at radius 2 is 2.00 bits per heavy atom. The van der Waals surface area contributed by atoms with Crippen molar-refractivity contribution in [3.05, 3.63) is 79.8 Å². The number of carbonyl (C=O) groups is 1. The van der Waals surface area contributed by atoms with Gasteiger partial charge in [0.25, 0.3) is 11.2 Å². The first-order valence-corrected chi connectivity index (χ1v) is 12.2.